The zero-order valence-electron chi connectivity index (χ0n) is 12.7. The Hall–Kier alpha value is -1.74. The molecule has 106 valence electrons. The second kappa shape index (κ2) is 6.14. The lowest BCUT2D eigenvalue weighted by Crippen LogP contribution is -2.35. The fraction of sp³-hybridized carbons (Fsp3) is 0.412. The zero-order chi connectivity index (χ0) is 14.6. The molecule has 0 aliphatic carbocycles. The predicted molar refractivity (Wildman–Crippen MR) is 82.7 cm³/mol. The Morgan fingerprint density at radius 2 is 1.75 bits per heavy atom. The number of hydrogen-bond acceptors (Lipinski definition) is 3. The highest BCUT2D eigenvalue weighted by Gasteiger charge is 2.21. The molecule has 0 aliphatic heterocycles. The molecule has 0 fully saturated rings. The lowest BCUT2D eigenvalue weighted by Gasteiger charge is -2.28. The maximum atomic E-state index is 4.43. The Labute approximate surface area is 121 Å². The smallest absolute Gasteiger partial charge is 0.0782 e. The molecule has 1 N–H and O–H groups in total. The third kappa shape index (κ3) is 3.42. The van der Waals surface area contributed by atoms with Gasteiger partial charge < -0.3 is 5.32 Å². The van der Waals surface area contributed by atoms with E-state index in [1.54, 1.807) is 12.4 Å². The van der Waals surface area contributed by atoms with Crippen LogP contribution >= 0.6 is 0 Å². The predicted octanol–water partition coefficient (Wildman–Crippen LogP) is 3.41. The second-order valence-electron chi connectivity index (χ2n) is 5.88. The van der Waals surface area contributed by atoms with Gasteiger partial charge in [-0.15, -0.1) is 0 Å². The molecule has 1 atom stereocenters. The van der Waals surface area contributed by atoms with Gasteiger partial charge in [-0.3, -0.25) is 9.97 Å². The van der Waals surface area contributed by atoms with E-state index >= 15 is 0 Å². The van der Waals surface area contributed by atoms with Crippen LogP contribution in [0, 0.1) is 6.92 Å². The molecule has 0 amide bonds. The molecule has 1 heterocycles. The number of rotatable bonds is 5. The third-order valence-electron chi connectivity index (χ3n) is 3.73. The normalized spacial score (nSPS) is 13.2. The van der Waals surface area contributed by atoms with E-state index < -0.39 is 0 Å². The van der Waals surface area contributed by atoms with Crippen LogP contribution in [0.15, 0.2) is 42.7 Å². The largest absolute Gasteiger partial charge is 0.308 e. The van der Waals surface area contributed by atoms with Crippen molar-refractivity contribution in [2.45, 2.75) is 39.2 Å². The van der Waals surface area contributed by atoms with E-state index in [1.807, 2.05) is 6.92 Å². The van der Waals surface area contributed by atoms with Gasteiger partial charge in [0.15, 0.2) is 0 Å². The van der Waals surface area contributed by atoms with Crippen molar-refractivity contribution < 1.29 is 0 Å². The van der Waals surface area contributed by atoms with Crippen LogP contribution in [0.1, 0.15) is 43.8 Å². The van der Waals surface area contributed by atoms with Crippen LogP contribution in [0.2, 0.25) is 0 Å². The average molecular weight is 269 g/mol. The molecule has 0 bridgehead atoms. The minimum Gasteiger partial charge on any atom is -0.308 e. The molecule has 20 heavy (non-hydrogen) atoms. The maximum Gasteiger partial charge on any atom is 0.0782 e. The maximum absolute atomic E-state index is 4.43. The first-order valence-electron chi connectivity index (χ1n) is 7.07. The van der Waals surface area contributed by atoms with Gasteiger partial charge in [0.2, 0.25) is 0 Å². The van der Waals surface area contributed by atoms with Crippen LogP contribution in [-0.4, -0.2) is 16.5 Å². The number of aryl methyl sites for hydroxylation is 1. The van der Waals surface area contributed by atoms with E-state index in [4.69, 9.17) is 0 Å². The lowest BCUT2D eigenvalue weighted by molar-refractivity contribution is 0.430. The molecule has 1 aromatic carbocycles. The van der Waals surface area contributed by atoms with Crippen LogP contribution < -0.4 is 5.32 Å². The Kier molecular flexibility index (Phi) is 4.50. The molecule has 0 saturated carbocycles. The lowest BCUT2D eigenvalue weighted by atomic mass is 9.84. The van der Waals surface area contributed by atoms with Gasteiger partial charge in [0.25, 0.3) is 0 Å². The number of benzene rings is 1. The summed E-state index contributed by atoms with van der Waals surface area (Å²) in [7, 11) is 0. The Morgan fingerprint density at radius 3 is 2.40 bits per heavy atom. The quantitative estimate of drug-likeness (QED) is 0.904. The summed E-state index contributed by atoms with van der Waals surface area (Å²) in [6.07, 6.45) is 3.49. The van der Waals surface area contributed by atoms with Gasteiger partial charge in [-0.05, 0) is 19.4 Å². The van der Waals surface area contributed by atoms with Gasteiger partial charge in [0, 0.05) is 30.4 Å². The molecule has 0 saturated heterocycles. The molecule has 2 aromatic rings. The van der Waals surface area contributed by atoms with E-state index in [0.717, 1.165) is 17.9 Å². The zero-order valence-corrected chi connectivity index (χ0v) is 12.7. The van der Waals surface area contributed by atoms with Crippen molar-refractivity contribution in [3.63, 3.8) is 0 Å². The van der Waals surface area contributed by atoms with E-state index in [-0.39, 0.29) is 11.5 Å². The van der Waals surface area contributed by atoms with Gasteiger partial charge >= 0.3 is 0 Å². The first kappa shape index (κ1) is 14.7. The number of nitrogens with one attached hydrogen (secondary N) is 1. The molecule has 1 aromatic heterocycles. The molecule has 1 unspecified atom stereocenters. The van der Waals surface area contributed by atoms with Crippen molar-refractivity contribution in [3.05, 3.63) is 59.7 Å². The first-order chi connectivity index (χ1) is 9.50. The molecule has 0 aliphatic rings. The van der Waals surface area contributed by atoms with Crippen molar-refractivity contribution in [2.24, 2.45) is 0 Å². The van der Waals surface area contributed by atoms with Crippen LogP contribution in [0.25, 0.3) is 0 Å². The average Bonchev–Trinajstić information content (AvgIpc) is 2.46. The summed E-state index contributed by atoms with van der Waals surface area (Å²) in [4.78, 5) is 8.73. The van der Waals surface area contributed by atoms with Gasteiger partial charge in [-0.25, -0.2) is 0 Å². The molecular weight excluding hydrogens is 246 g/mol. The van der Waals surface area contributed by atoms with E-state index in [1.165, 1.54) is 5.56 Å². The monoisotopic (exact) mass is 269 g/mol. The number of aromatic nitrogens is 2. The van der Waals surface area contributed by atoms with Crippen LogP contribution in [0.5, 0.6) is 0 Å². The van der Waals surface area contributed by atoms with E-state index in [0.29, 0.717) is 0 Å². The van der Waals surface area contributed by atoms with Crippen molar-refractivity contribution in [1.29, 1.82) is 0 Å². The SMILES string of the molecule is Cc1nccnc1C(C)NCC(C)(C)c1ccccc1. The Morgan fingerprint density at radius 1 is 1.10 bits per heavy atom. The first-order valence-corrected chi connectivity index (χ1v) is 7.07. The van der Waals surface area contributed by atoms with Gasteiger partial charge in [0.05, 0.1) is 11.4 Å². The van der Waals surface area contributed by atoms with Crippen molar-refractivity contribution in [1.82, 2.24) is 15.3 Å². The fourth-order valence-corrected chi connectivity index (χ4v) is 2.34. The van der Waals surface area contributed by atoms with Crippen molar-refractivity contribution in [2.75, 3.05) is 6.54 Å². The molecular formula is C17H23N3. The molecule has 0 spiro atoms. The summed E-state index contributed by atoms with van der Waals surface area (Å²) in [6, 6.07) is 10.8. The van der Waals surface area contributed by atoms with E-state index in [9.17, 15) is 0 Å². The van der Waals surface area contributed by atoms with Gasteiger partial charge in [-0.2, -0.15) is 0 Å². The Balaban J connectivity index is 2.03. The van der Waals surface area contributed by atoms with Crippen LogP contribution in [-0.2, 0) is 5.41 Å². The summed E-state index contributed by atoms with van der Waals surface area (Å²) in [5, 5.41) is 3.58. The minimum atomic E-state index is 0.0889. The molecule has 3 nitrogen and oxygen atoms in total. The van der Waals surface area contributed by atoms with Crippen LogP contribution in [0.4, 0.5) is 0 Å². The standard InChI is InChI=1S/C17H23N3/c1-13-16(19-11-10-18-13)14(2)20-12-17(3,4)15-8-6-5-7-9-15/h5-11,14,20H,12H2,1-4H3. The van der Waals surface area contributed by atoms with Crippen molar-refractivity contribution >= 4 is 0 Å². The van der Waals surface area contributed by atoms with Gasteiger partial charge in [-0.1, -0.05) is 44.2 Å². The Bertz CT molecular complexity index is 549. The second-order valence-corrected chi connectivity index (χ2v) is 5.88. The van der Waals surface area contributed by atoms with Gasteiger partial charge in [0.1, 0.15) is 0 Å². The minimum absolute atomic E-state index is 0.0889. The number of nitrogens with zero attached hydrogens (tertiary/aromatic N) is 2. The van der Waals surface area contributed by atoms with Crippen molar-refractivity contribution in [3.8, 4) is 0 Å². The summed E-state index contributed by atoms with van der Waals surface area (Å²) < 4.78 is 0. The third-order valence-corrected chi connectivity index (χ3v) is 3.73. The summed E-state index contributed by atoms with van der Waals surface area (Å²) in [6.45, 7) is 9.55. The summed E-state index contributed by atoms with van der Waals surface area (Å²) >= 11 is 0. The highest BCUT2D eigenvalue weighted by Crippen LogP contribution is 2.23. The summed E-state index contributed by atoms with van der Waals surface area (Å²) in [5.74, 6) is 0. The highest BCUT2D eigenvalue weighted by atomic mass is 15.0. The number of hydrogen-bond donors (Lipinski definition) is 1. The highest BCUT2D eigenvalue weighted by molar-refractivity contribution is 5.24. The molecule has 2 rings (SSSR count). The summed E-state index contributed by atoms with van der Waals surface area (Å²) in [5.41, 5.74) is 3.45. The molecule has 3 heteroatoms. The topological polar surface area (TPSA) is 37.8 Å². The van der Waals surface area contributed by atoms with E-state index in [2.05, 4.69) is 66.4 Å². The molecule has 0 radical (unpaired) electrons. The fourth-order valence-electron chi connectivity index (χ4n) is 2.34. The van der Waals surface area contributed by atoms with Crippen LogP contribution in [0.3, 0.4) is 0 Å².